The third-order valence-corrected chi connectivity index (χ3v) is 8.30. The summed E-state index contributed by atoms with van der Waals surface area (Å²) in [6.07, 6.45) is 4.63. The molecule has 2 aliphatic rings. The molecule has 2 heterocycles. The third kappa shape index (κ3) is 6.05. The second-order valence-corrected chi connectivity index (χ2v) is 11.0. The summed E-state index contributed by atoms with van der Waals surface area (Å²) in [7, 11) is 7.84. The number of hydrogen-bond acceptors (Lipinski definition) is 7. The second-order valence-electron chi connectivity index (χ2n) is 10.5. The lowest BCUT2D eigenvalue weighted by atomic mass is 9.89. The van der Waals surface area contributed by atoms with Crippen LogP contribution in [0.25, 0.3) is 0 Å². The summed E-state index contributed by atoms with van der Waals surface area (Å²) in [5.74, 6) is 1.31. The van der Waals surface area contributed by atoms with Crippen LogP contribution in [0.15, 0.2) is 12.1 Å². The molecule has 1 amide bonds. The highest BCUT2D eigenvalue weighted by Gasteiger charge is 2.29. The van der Waals surface area contributed by atoms with E-state index in [2.05, 4.69) is 46.1 Å². The molecule has 2 aromatic rings. The number of benzene rings is 1. The van der Waals surface area contributed by atoms with Crippen molar-refractivity contribution < 1.29 is 14.3 Å². The van der Waals surface area contributed by atoms with Crippen LogP contribution in [0.1, 0.15) is 54.1 Å². The number of rotatable bonds is 9. The molecule has 0 unspecified atom stereocenters. The van der Waals surface area contributed by atoms with Crippen molar-refractivity contribution in [3.05, 3.63) is 33.8 Å². The highest BCUT2D eigenvalue weighted by Crippen LogP contribution is 2.34. The molecule has 4 rings (SSSR count). The summed E-state index contributed by atoms with van der Waals surface area (Å²) in [5, 5.41) is 8.23. The predicted octanol–water partition coefficient (Wildman–Crippen LogP) is 3.86. The van der Waals surface area contributed by atoms with Crippen molar-refractivity contribution in [2.24, 2.45) is 7.05 Å². The lowest BCUT2D eigenvalue weighted by molar-refractivity contribution is 0.0950. The van der Waals surface area contributed by atoms with E-state index in [9.17, 15) is 4.79 Å². The van der Waals surface area contributed by atoms with Crippen LogP contribution in [0.2, 0.25) is 5.02 Å². The highest BCUT2D eigenvalue weighted by molar-refractivity contribution is 6.31. The molecule has 0 spiro atoms. The topological polar surface area (TPSA) is 75.1 Å². The maximum atomic E-state index is 13.5. The highest BCUT2D eigenvalue weighted by atomic mass is 35.5. The minimum atomic E-state index is -0.155. The average molecular weight is 547 g/mol. The molecule has 1 saturated heterocycles. The Kier molecular flexibility index (Phi) is 9.44. The SMILES string of the molecule is CCN(c1cc(Cl)cc(C(=O)NCc2c(OC)nn(C)c2N2CCOCC2)c1C)[C@H]1CC[C@H](N(C)C)CC1. The van der Waals surface area contributed by atoms with Crippen molar-refractivity contribution in [2.75, 3.05) is 63.9 Å². The minimum absolute atomic E-state index is 0.155. The molecule has 1 aliphatic carbocycles. The number of nitrogens with zero attached hydrogens (tertiary/aromatic N) is 5. The Hall–Kier alpha value is -2.49. The Balaban J connectivity index is 1.54. The molecular weight excluding hydrogens is 504 g/mol. The van der Waals surface area contributed by atoms with Crippen molar-refractivity contribution in [1.82, 2.24) is 20.0 Å². The Morgan fingerprint density at radius 3 is 2.45 bits per heavy atom. The van der Waals surface area contributed by atoms with Crippen LogP contribution in [0.3, 0.4) is 0 Å². The fourth-order valence-electron chi connectivity index (χ4n) is 6.00. The number of methoxy groups -OCH3 is 1. The van der Waals surface area contributed by atoms with Crippen LogP contribution in [-0.4, -0.2) is 86.7 Å². The van der Waals surface area contributed by atoms with Gasteiger partial charge in [-0.25, -0.2) is 4.68 Å². The molecule has 2 fully saturated rings. The monoisotopic (exact) mass is 546 g/mol. The fourth-order valence-corrected chi connectivity index (χ4v) is 6.21. The van der Waals surface area contributed by atoms with Gasteiger partial charge in [-0.3, -0.25) is 4.79 Å². The largest absolute Gasteiger partial charge is 0.480 e. The van der Waals surface area contributed by atoms with Crippen LogP contribution in [-0.2, 0) is 18.3 Å². The summed E-state index contributed by atoms with van der Waals surface area (Å²) in [6, 6.07) is 4.87. The standard InChI is InChI=1S/C28H43ClN6O3/c1-7-35(22-10-8-21(9-11-22)32(3)4)25-17-20(29)16-23(19(25)2)26(36)30-18-24-27(37-6)31-33(5)28(24)34-12-14-38-15-13-34/h16-17,21-22H,7-15,18H2,1-6H3,(H,30,36)/t21-,22-. The Bertz CT molecular complexity index is 1110. The van der Waals surface area contributed by atoms with Gasteiger partial charge in [0, 0.05) is 55.0 Å². The van der Waals surface area contributed by atoms with Gasteiger partial charge < -0.3 is 29.5 Å². The van der Waals surface area contributed by atoms with E-state index >= 15 is 0 Å². The quantitative estimate of drug-likeness (QED) is 0.512. The zero-order valence-electron chi connectivity index (χ0n) is 23.7. The van der Waals surface area contributed by atoms with E-state index in [0.717, 1.165) is 55.1 Å². The van der Waals surface area contributed by atoms with Gasteiger partial charge in [0.1, 0.15) is 5.82 Å². The van der Waals surface area contributed by atoms with Gasteiger partial charge >= 0.3 is 0 Å². The first-order valence-corrected chi connectivity index (χ1v) is 14.1. The van der Waals surface area contributed by atoms with E-state index in [-0.39, 0.29) is 5.91 Å². The zero-order chi connectivity index (χ0) is 27.4. The summed E-state index contributed by atoms with van der Waals surface area (Å²) in [6.45, 7) is 8.24. The van der Waals surface area contributed by atoms with E-state index in [4.69, 9.17) is 21.1 Å². The first-order chi connectivity index (χ1) is 18.2. The molecule has 10 heteroatoms. The molecule has 9 nitrogen and oxygen atoms in total. The van der Waals surface area contributed by atoms with Crippen molar-refractivity contribution in [1.29, 1.82) is 0 Å². The van der Waals surface area contributed by atoms with Crippen molar-refractivity contribution in [2.45, 2.75) is 58.2 Å². The maximum Gasteiger partial charge on any atom is 0.251 e. The van der Waals surface area contributed by atoms with E-state index in [1.54, 1.807) is 13.2 Å². The molecule has 1 aliphatic heterocycles. The third-order valence-electron chi connectivity index (χ3n) is 8.08. The van der Waals surface area contributed by atoms with Gasteiger partial charge in [0.25, 0.3) is 5.91 Å². The van der Waals surface area contributed by atoms with E-state index < -0.39 is 0 Å². The maximum absolute atomic E-state index is 13.5. The van der Waals surface area contributed by atoms with E-state index in [0.29, 0.717) is 48.3 Å². The van der Waals surface area contributed by atoms with Gasteiger partial charge in [-0.2, -0.15) is 0 Å². The van der Waals surface area contributed by atoms with Gasteiger partial charge in [-0.15, -0.1) is 5.10 Å². The van der Waals surface area contributed by atoms with E-state index in [1.807, 2.05) is 24.7 Å². The molecular formula is C28H43ClN6O3. The molecule has 1 saturated carbocycles. The number of carbonyl (C=O) groups is 1. The number of morpholine rings is 1. The Morgan fingerprint density at radius 2 is 1.84 bits per heavy atom. The van der Waals surface area contributed by atoms with Gasteiger partial charge in [0.2, 0.25) is 5.88 Å². The number of aromatic nitrogens is 2. The molecule has 1 N–H and O–H groups in total. The molecule has 1 aromatic carbocycles. The van der Waals surface area contributed by atoms with Crippen LogP contribution in [0.5, 0.6) is 5.88 Å². The van der Waals surface area contributed by atoms with Crippen molar-refractivity contribution in [3.8, 4) is 5.88 Å². The summed E-state index contributed by atoms with van der Waals surface area (Å²) >= 11 is 6.60. The van der Waals surface area contributed by atoms with Gasteiger partial charge in [-0.05, 0) is 71.3 Å². The number of amides is 1. The molecule has 1 aromatic heterocycles. The van der Waals surface area contributed by atoms with Crippen LogP contribution in [0.4, 0.5) is 11.5 Å². The van der Waals surface area contributed by atoms with Gasteiger partial charge in [-0.1, -0.05) is 11.6 Å². The van der Waals surface area contributed by atoms with Crippen molar-refractivity contribution in [3.63, 3.8) is 0 Å². The summed E-state index contributed by atoms with van der Waals surface area (Å²) in [5.41, 5.74) is 3.46. The van der Waals surface area contributed by atoms with Crippen LogP contribution < -0.4 is 19.9 Å². The molecule has 210 valence electrons. The molecule has 38 heavy (non-hydrogen) atoms. The number of nitrogens with one attached hydrogen (secondary N) is 1. The number of halogens is 1. The number of carbonyl (C=O) groups excluding carboxylic acids is 1. The number of anilines is 2. The average Bonchev–Trinajstić information content (AvgIpc) is 3.25. The zero-order valence-corrected chi connectivity index (χ0v) is 24.5. The van der Waals surface area contributed by atoms with Crippen molar-refractivity contribution >= 4 is 29.0 Å². The van der Waals surface area contributed by atoms with Crippen LogP contribution >= 0.6 is 11.6 Å². The first-order valence-electron chi connectivity index (χ1n) is 13.7. The summed E-state index contributed by atoms with van der Waals surface area (Å²) < 4.78 is 12.9. The molecule has 0 radical (unpaired) electrons. The number of hydrogen-bond donors (Lipinski definition) is 1. The van der Waals surface area contributed by atoms with Gasteiger partial charge in [0.15, 0.2) is 0 Å². The molecule has 0 atom stereocenters. The van der Waals surface area contributed by atoms with Crippen LogP contribution in [0, 0.1) is 6.92 Å². The number of ether oxygens (including phenoxy) is 2. The number of aryl methyl sites for hydroxylation is 1. The van der Waals surface area contributed by atoms with Gasteiger partial charge in [0.05, 0.1) is 32.4 Å². The Morgan fingerprint density at radius 1 is 1.18 bits per heavy atom. The van der Waals surface area contributed by atoms with E-state index in [1.165, 1.54) is 12.8 Å². The normalized spacial score (nSPS) is 20.1. The Labute approximate surface area is 232 Å². The first kappa shape index (κ1) is 28.5. The summed E-state index contributed by atoms with van der Waals surface area (Å²) in [4.78, 5) is 20.5. The molecule has 0 bridgehead atoms. The fraction of sp³-hybridized carbons (Fsp3) is 0.643. The lowest BCUT2D eigenvalue weighted by Gasteiger charge is -2.40. The lowest BCUT2D eigenvalue weighted by Crippen LogP contribution is -2.42. The minimum Gasteiger partial charge on any atom is -0.480 e. The second kappa shape index (κ2) is 12.6. The smallest absolute Gasteiger partial charge is 0.251 e. The predicted molar refractivity (Wildman–Crippen MR) is 153 cm³/mol.